The van der Waals surface area contributed by atoms with Crippen LogP contribution < -0.4 is 20.7 Å². The van der Waals surface area contributed by atoms with E-state index in [1.54, 1.807) is 143 Å². The van der Waals surface area contributed by atoms with Crippen molar-refractivity contribution in [3.05, 3.63) is 206 Å². The summed E-state index contributed by atoms with van der Waals surface area (Å²) < 4.78 is 116. The van der Waals surface area contributed by atoms with Crippen LogP contribution in [0.3, 0.4) is 0 Å². The average Bonchev–Trinajstić information content (AvgIpc) is 3.75. The van der Waals surface area contributed by atoms with Crippen molar-refractivity contribution in [3.63, 3.8) is 0 Å². The van der Waals surface area contributed by atoms with Crippen molar-refractivity contribution in [3.8, 4) is 11.4 Å². The molecule has 0 radical (unpaired) electrons. The van der Waals surface area contributed by atoms with Crippen LogP contribution in [0.25, 0.3) is 55.0 Å². The van der Waals surface area contributed by atoms with E-state index < -0.39 is 56.4 Å². The molecule has 3 heteroatoms. The van der Waals surface area contributed by atoms with Gasteiger partial charge in [-0.15, -0.1) is 0 Å². The molecule has 10 rings (SSSR count). The van der Waals surface area contributed by atoms with Gasteiger partial charge < -0.3 is 9.13 Å². The standard InChI is InChI=1S/C48H34N2Si/c1-3-15-37(16-4-1)51(38-17-5-2-6-18-38,39-31-27-35(28-32-39)49-45-23-11-7-19-41(45)42-20-8-12-24-46(42)49)40-33-29-36(30-34-40)50-47-25-13-9-21-43(47)44-22-10-14-26-48(44)50/h1-34H/i7D,8D,9D,10D,27D,28D,29D,30D,31D,32D,33D,34D. The van der Waals surface area contributed by atoms with Crippen LogP contribution in [0.2, 0.25) is 0 Å². The minimum Gasteiger partial charge on any atom is -0.309 e. The van der Waals surface area contributed by atoms with Gasteiger partial charge in [0.15, 0.2) is 8.07 Å². The second kappa shape index (κ2) is 11.9. The molecule has 2 nitrogen and oxygen atoms in total. The molecule has 0 N–H and O–H groups in total. The molecule has 0 aliphatic rings. The topological polar surface area (TPSA) is 9.86 Å². The molecular formula is C48H34N2Si. The molecule has 0 atom stereocenters. The van der Waals surface area contributed by atoms with E-state index in [0.717, 1.165) is 0 Å². The molecule has 0 aliphatic heterocycles. The molecule has 51 heavy (non-hydrogen) atoms. The second-order valence-electron chi connectivity index (χ2n) is 12.4. The van der Waals surface area contributed by atoms with Crippen LogP contribution in [0.1, 0.15) is 16.4 Å². The minimum atomic E-state index is -4.41. The highest BCUT2D eigenvalue weighted by Crippen LogP contribution is 2.33. The number of para-hydroxylation sites is 4. The molecule has 0 fully saturated rings. The number of rotatable bonds is 6. The van der Waals surface area contributed by atoms with Crippen LogP contribution >= 0.6 is 0 Å². The van der Waals surface area contributed by atoms with Crippen molar-refractivity contribution >= 4 is 72.4 Å². The van der Waals surface area contributed by atoms with Crippen molar-refractivity contribution in [1.82, 2.24) is 9.13 Å². The van der Waals surface area contributed by atoms with Crippen LogP contribution in [-0.2, 0) is 0 Å². The Balaban J connectivity index is 1.35. The van der Waals surface area contributed by atoms with Gasteiger partial charge in [0.2, 0.25) is 0 Å². The van der Waals surface area contributed by atoms with Crippen LogP contribution in [0.15, 0.2) is 206 Å². The first kappa shape index (κ1) is 19.7. The Hall–Kier alpha value is -6.42. The molecule has 10 aromatic rings. The van der Waals surface area contributed by atoms with Gasteiger partial charge in [-0.3, -0.25) is 0 Å². The molecule has 0 saturated carbocycles. The second-order valence-corrected chi connectivity index (χ2v) is 16.0. The largest absolute Gasteiger partial charge is 0.309 e. The minimum absolute atomic E-state index is 0.0438. The van der Waals surface area contributed by atoms with Crippen molar-refractivity contribution in [2.75, 3.05) is 0 Å². The Kier molecular flexibility index (Phi) is 4.58. The van der Waals surface area contributed by atoms with E-state index in [9.17, 15) is 11.0 Å². The Morgan fingerprint density at radius 3 is 0.941 bits per heavy atom. The van der Waals surface area contributed by atoms with Crippen LogP contribution in [0.5, 0.6) is 0 Å². The summed E-state index contributed by atoms with van der Waals surface area (Å²) in [6, 6.07) is 35.2. The number of hydrogen-bond donors (Lipinski definition) is 0. The lowest BCUT2D eigenvalue weighted by Crippen LogP contribution is -2.74. The zero-order chi connectivity index (χ0) is 44.2. The van der Waals surface area contributed by atoms with E-state index in [1.807, 2.05) is 0 Å². The molecule has 0 spiro atoms. The number of hydrogen-bond acceptors (Lipinski definition) is 0. The van der Waals surface area contributed by atoms with Gasteiger partial charge in [-0.05, 0) is 69.2 Å². The fourth-order valence-electron chi connectivity index (χ4n) is 7.53. The Labute approximate surface area is 315 Å². The van der Waals surface area contributed by atoms with Gasteiger partial charge in [0.25, 0.3) is 0 Å². The predicted octanol–water partition coefficient (Wildman–Crippen LogP) is 9.26. The maximum Gasteiger partial charge on any atom is 0.179 e. The van der Waals surface area contributed by atoms with E-state index in [4.69, 9.17) is 5.48 Å². The van der Waals surface area contributed by atoms with Gasteiger partial charge in [-0.2, -0.15) is 0 Å². The van der Waals surface area contributed by atoms with Gasteiger partial charge in [-0.1, -0.05) is 158 Å². The SMILES string of the molecule is [2H]c1ccc2c(c1)c1cc([2H])ccc1n2-c1c([2H])c([2H])c([Si](c2ccccc2)(c2ccccc2)c2c([2H])c([2H])c(-n3c4ccc([2H])cc4c4cc([2H])ccc43)c([2H])c2[2H])c([2H])c1[2H]. The summed E-state index contributed by atoms with van der Waals surface area (Å²) >= 11 is 0. The predicted molar refractivity (Wildman–Crippen MR) is 219 cm³/mol. The quantitative estimate of drug-likeness (QED) is 0.123. The van der Waals surface area contributed by atoms with Crippen molar-refractivity contribution in [2.24, 2.45) is 0 Å². The Bertz CT molecular complexity index is 3140. The summed E-state index contributed by atoms with van der Waals surface area (Å²) in [5.74, 6) is 0. The number of benzene rings is 8. The van der Waals surface area contributed by atoms with Crippen LogP contribution in [0, 0.1) is 0 Å². The normalized spacial score (nSPS) is 15.2. The number of aromatic nitrogens is 2. The first-order valence-electron chi connectivity index (χ1n) is 22.6. The first-order chi connectivity index (χ1) is 30.2. The first-order valence-corrected chi connectivity index (χ1v) is 18.6. The lowest BCUT2D eigenvalue weighted by Gasteiger charge is -2.34. The lowest BCUT2D eigenvalue weighted by molar-refractivity contribution is 1.18. The summed E-state index contributed by atoms with van der Waals surface area (Å²) in [7, 11) is -4.41. The molecule has 0 unspecified atom stereocenters. The van der Waals surface area contributed by atoms with E-state index in [1.165, 1.54) is 0 Å². The number of nitrogens with zero attached hydrogens (tertiary/aromatic N) is 2. The van der Waals surface area contributed by atoms with Gasteiger partial charge in [0.05, 0.1) is 38.5 Å². The molecule has 0 saturated heterocycles. The fraction of sp³-hybridized carbons (Fsp3) is 0. The fourth-order valence-corrected chi connectivity index (χ4v) is 11.7. The summed E-state index contributed by atoms with van der Waals surface area (Å²) in [5, 5.41) is 3.38. The van der Waals surface area contributed by atoms with Crippen LogP contribution in [0.4, 0.5) is 0 Å². The maximum atomic E-state index is 10.0. The molecule has 2 heterocycles. The summed E-state index contributed by atoms with van der Waals surface area (Å²) in [5.41, 5.74) is 1.98. The van der Waals surface area contributed by atoms with E-state index >= 15 is 0 Å². The van der Waals surface area contributed by atoms with Crippen molar-refractivity contribution < 1.29 is 16.4 Å². The molecule has 0 bridgehead atoms. The summed E-state index contributed by atoms with van der Waals surface area (Å²) in [6.07, 6.45) is 0. The average molecular weight is 679 g/mol. The summed E-state index contributed by atoms with van der Waals surface area (Å²) in [6.45, 7) is 0. The third-order valence-electron chi connectivity index (χ3n) is 9.74. The highest BCUT2D eigenvalue weighted by Gasteiger charge is 2.41. The highest BCUT2D eigenvalue weighted by molar-refractivity contribution is 7.19. The third-order valence-corrected chi connectivity index (χ3v) is 14.1. The highest BCUT2D eigenvalue weighted by atomic mass is 28.3. The van der Waals surface area contributed by atoms with Gasteiger partial charge in [-0.25, -0.2) is 0 Å². The maximum absolute atomic E-state index is 10.0. The van der Waals surface area contributed by atoms with Gasteiger partial charge in [0.1, 0.15) is 0 Å². The lowest BCUT2D eigenvalue weighted by atomic mass is 10.2. The molecular weight excluding hydrogens is 633 g/mol. The number of fused-ring (bicyclic) bond motifs is 6. The molecule has 0 amide bonds. The van der Waals surface area contributed by atoms with Crippen molar-refractivity contribution in [1.29, 1.82) is 0 Å². The smallest absolute Gasteiger partial charge is 0.179 e. The van der Waals surface area contributed by atoms with Gasteiger partial charge in [0, 0.05) is 32.9 Å². The Morgan fingerprint density at radius 2 is 0.627 bits per heavy atom. The zero-order valence-electron chi connectivity index (χ0n) is 39.1. The van der Waals surface area contributed by atoms with Crippen molar-refractivity contribution in [2.45, 2.75) is 0 Å². The van der Waals surface area contributed by atoms with E-state index in [0.29, 0.717) is 54.0 Å². The molecule has 0 aliphatic carbocycles. The van der Waals surface area contributed by atoms with E-state index in [2.05, 4.69) is 0 Å². The Morgan fingerprint density at radius 1 is 0.314 bits per heavy atom. The summed E-state index contributed by atoms with van der Waals surface area (Å²) in [4.78, 5) is 0. The molecule has 2 aromatic heterocycles. The van der Waals surface area contributed by atoms with Crippen LogP contribution in [-0.4, -0.2) is 17.2 Å². The third kappa shape index (κ3) is 4.49. The zero-order valence-corrected chi connectivity index (χ0v) is 28.1. The monoisotopic (exact) mass is 678 g/mol. The van der Waals surface area contributed by atoms with Gasteiger partial charge >= 0.3 is 0 Å². The molecule has 240 valence electrons. The molecule has 8 aromatic carbocycles. The van der Waals surface area contributed by atoms with E-state index in [-0.39, 0.29) is 45.9 Å².